The van der Waals surface area contributed by atoms with Crippen molar-refractivity contribution in [3.05, 3.63) is 64.5 Å². The number of rotatable bonds is 2. The number of aromatic nitrogens is 3. The lowest BCUT2D eigenvalue weighted by Crippen LogP contribution is -2.39. The largest absolute Gasteiger partial charge is 0.332 e. The molecule has 0 fully saturated rings. The SMILES string of the molecule is CCc1nc2c(c3c1C(=O)C(c1sccc1Br)=CC3=O)c(=O)n(C)c(=O)n2C. The average molecular weight is 460 g/mol. The summed E-state index contributed by atoms with van der Waals surface area (Å²) in [6.45, 7) is 1.81. The molecule has 3 heterocycles. The number of thiophene rings is 1. The van der Waals surface area contributed by atoms with Crippen LogP contribution in [-0.4, -0.2) is 25.7 Å². The van der Waals surface area contributed by atoms with Gasteiger partial charge in [0.15, 0.2) is 11.6 Å². The molecule has 0 unspecified atom stereocenters. The molecule has 7 nitrogen and oxygen atoms in total. The van der Waals surface area contributed by atoms with Crippen LogP contribution in [0.25, 0.3) is 16.6 Å². The minimum Gasteiger partial charge on any atom is -0.289 e. The maximum absolute atomic E-state index is 13.3. The van der Waals surface area contributed by atoms with E-state index in [9.17, 15) is 19.2 Å². The van der Waals surface area contributed by atoms with Gasteiger partial charge < -0.3 is 0 Å². The van der Waals surface area contributed by atoms with E-state index in [1.54, 1.807) is 6.07 Å². The first-order chi connectivity index (χ1) is 13.3. The Kier molecular flexibility index (Phi) is 4.31. The molecule has 9 heteroatoms. The number of pyridine rings is 1. The predicted octanol–water partition coefficient (Wildman–Crippen LogP) is 2.48. The third-order valence-corrected chi connectivity index (χ3v) is 6.72. The Balaban J connectivity index is 2.17. The fourth-order valence-electron chi connectivity index (χ4n) is 3.44. The van der Waals surface area contributed by atoms with Gasteiger partial charge in [0.1, 0.15) is 5.65 Å². The van der Waals surface area contributed by atoms with Crippen LogP contribution in [-0.2, 0) is 20.5 Å². The van der Waals surface area contributed by atoms with Crippen molar-refractivity contribution < 1.29 is 9.59 Å². The lowest BCUT2D eigenvalue weighted by molar-refractivity contribution is 0.100. The predicted molar refractivity (Wildman–Crippen MR) is 110 cm³/mol. The minimum atomic E-state index is -0.639. The fraction of sp³-hybridized carbons (Fsp3) is 0.211. The summed E-state index contributed by atoms with van der Waals surface area (Å²) in [6, 6.07) is 1.80. The molecule has 1 aliphatic carbocycles. The number of hydrogen-bond donors (Lipinski definition) is 0. The van der Waals surface area contributed by atoms with E-state index in [0.29, 0.717) is 17.0 Å². The summed E-state index contributed by atoms with van der Waals surface area (Å²) in [4.78, 5) is 56.6. The molecule has 4 rings (SSSR count). The number of hydrogen-bond acceptors (Lipinski definition) is 6. The highest BCUT2D eigenvalue weighted by Gasteiger charge is 2.34. The van der Waals surface area contributed by atoms with Gasteiger partial charge in [-0.25, -0.2) is 9.78 Å². The van der Waals surface area contributed by atoms with Gasteiger partial charge in [-0.05, 0) is 39.9 Å². The number of carbonyl (C=O) groups excluding carboxylic acids is 2. The van der Waals surface area contributed by atoms with Gasteiger partial charge in [0.2, 0.25) is 0 Å². The van der Waals surface area contributed by atoms with Gasteiger partial charge in [0.25, 0.3) is 5.56 Å². The van der Waals surface area contributed by atoms with Crippen LogP contribution in [0.15, 0.2) is 31.6 Å². The maximum atomic E-state index is 13.3. The van der Waals surface area contributed by atoms with Crippen LogP contribution in [0, 0.1) is 0 Å². The highest BCUT2D eigenvalue weighted by atomic mass is 79.9. The van der Waals surface area contributed by atoms with Crippen LogP contribution in [0.5, 0.6) is 0 Å². The zero-order valence-electron chi connectivity index (χ0n) is 15.2. The normalized spacial score (nSPS) is 13.8. The second kappa shape index (κ2) is 6.46. The molecule has 3 aromatic heterocycles. The zero-order chi connectivity index (χ0) is 20.3. The van der Waals surface area contributed by atoms with Crippen LogP contribution in [0.1, 0.15) is 38.2 Å². The highest BCUT2D eigenvalue weighted by molar-refractivity contribution is 9.10. The lowest BCUT2D eigenvalue weighted by atomic mass is 9.85. The van der Waals surface area contributed by atoms with Crippen molar-refractivity contribution in [1.82, 2.24) is 14.1 Å². The number of carbonyl (C=O) groups is 2. The number of ketones is 2. The highest BCUT2D eigenvalue weighted by Crippen LogP contribution is 2.37. The Bertz CT molecular complexity index is 1360. The monoisotopic (exact) mass is 459 g/mol. The molecular formula is C19H14BrN3O4S. The van der Waals surface area contributed by atoms with Crippen molar-refractivity contribution in [3.8, 4) is 0 Å². The molecule has 0 spiro atoms. The van der Waals surface area contributed by atoms with E-state index in [1.807, 2.05) is 12.3 Å². The van der Waals surface area contributed by atoms with Crippen LogP contribution >= 0.6 is 27.3 Å². The van der Waals surface area contributed by atoms with Crippen molar-refractivity contribution in [2.24, 2.45) is 14.1 Å². The first-order valence-corrected chi connectivity index (χ1v) is 10.1. The number of allylic oxidation sites excluding steroid dienone is 2. The van der Waals surface area contributed by atoms with Crippen LogP contribution in [0.2, 0.25) is 0 Å². The molecule has 0 bridgehead atoms. The van der Waals surface area contributed by atoms with Gasteiger partial charge in [-0.2, -0.15) is 0 Å². The summed E-state index contributed by atoms with van der Waals surface area (Å²) in [5, 5.41) is 1.81. The average Bonchev–Trinajstić information content (AvgIpc) is 3.11. The van der Waals surface area contributed by atoms with Crippen molar-refractivity contribution in [1.29, 1.82) is 0 Å². The first kappa shape index (κ1) is 18.7. The van der Waals surface area contributed by atoms with E-state index in [0.717, 1.165) is 9.04 Å². The molecule has 142 valence electrons. The van der Waals surface area contributed by atoms with E-state index < -0.39 is 17.0 Å². The molecule has 1 aliphatic rings. The minimum absolute atomic E-state index is 0.00399. The van der Waals surface area contributed by atoms with E-state index >= 15 is 0 Å². The maximum Gasteiger partial charge on any atom is 0.332 e. The molecule has 0 N–H and O–H groups in total. The van der Waals surface area contributed by atoms with Gasteiger partial charge >= 0.3 is 5.69 Å². The summed E-state index contributed by atoms with van der Waals surface area (Å²) in [6.07, 6.45) is 1.64. The van der Waals surface area contributed by atoms with Gasteiger partial charge in [0.05, 0.1) is 27.1 Å². The summed E-state index contributed by atoms with van der Waals surface area (Å²) in [5.74, 6) is -0.789. The third-order valence-electron chi connectivity index (χ3n) is 4.85. The van der Waals surface area contributed by atoms with Crippen LogP contribution < -0.4 is 11.2 Å². The molecule has 0 saturated carbocycles. The lowest BCUT2D eigenvalue weighted by Gasteiger charge is -2.20. The van der Waals surface area contributed by atoms with Gasteiger partial charge in [-0.3, -0.25) is 23.5 Å². The molecule has 0 aromatic carbocycles. The van der Waals surface area contributed by atoms with E-state index in [2.05, 4.69) is 20.9 Å². The summed E-state index contributed by atoms with van der Waals surface area (Å²) in [7, 11) is 2.82. The topological polar surface area (TPSA) is 91.0 Å². The second-order valence-corrected chi connectivity index (χ2v) is 8.19. The third kappa shape index (κ3) is 2.43. The Morgan fingerprint density at radius 2 is 1.82 bits per heavy atom. The molecular weight excluding hydrogens is 446 g/mol. The Hall–Kier alpha value is -2.65. The molecule has 0 atom stereocenters. The zero-order valence-corrected chi connectivity index (χ0v) is 17.6. The van der Waals surface area contributed by atoms with Crippen LogP contribution in [0.4, 0.5) is 0 Å². The molecule has 0 radical (unpaired) electrons. The van der Waals surface area contributed by atoms with Crippen molar-refractivity contribution in [2.45, 2.75) is 13.3 Å². The molecule has 0 saturated heterocycles. The van der Waals surface area contributed by atoms with Crippen molar-refractivity contribution >= 4 is 55.4 Å². The smallest absolute Gasteiger partial charge is 0.289 e. The Labute approximate surface area is 171 Å². The van der Waals surface area contributed by atoms with E-state index in [4.69, 9.17) is 0 Å². The number of nitrogens with zero attached hydrogens (tertiary/aromatic N) is 3. The van der Waals surface area contributed by atoms with Crippen molar-refractivity contribution in [3.63, 3.8) is 0 Å². The first-order valence-electron chi connectivity index (χ1n) is 8.44. The van der Waals surface area contributed by atoms with E-state index in [1.165, 1.54) is 36.1 Å². The quantitative estimate of drug-likeness (QED) is 0.586. The Morgan fingerprint density at radius 1 is 1.11 bits per heavy atom. The molecule has 28 heavy (non-hydrogen) atoms. The fourth-order valence-corrected chi connectivity index (χ4v) is 5.04. The van der Waals surface area contributed by atoms with Crippen LogP contribution in [0.3, 0.4) is 0 Å². The molecule has 3 aromatic rings. The summed E-state index contributed by atoms with van der Waals surface area (Å²) in [5.41, 5.74) is -0.230. The number of aryl methyl sites for hydroxylation is 2. The van der Waals surface area contributed by atoms with Gasteiger partial charge in [-0.1, -0.05) is 6.92 Å². The number of Topliss-reactive ketones (excluding diaryl/α,β-unsaturated/α-hetero) is 1. The van der Waals surface area contributed by atoms with E-state index in [-0.39, 0.29) is 33.5 Å². The van der Waals surface area contributed by atoms with Crippen molar-refractivity contribution in [2.75, 3.05) is 0 Å². The number of fused-ring (bicyclic) bond motifs is 3. The van der Waals surface area contributed by atoms with Gasteiger partial charge in [0, 0.05) is 24.1 Å². The number of halogens is 1. The summed E-state index contributed by atoms with van der Waals surface area (Å²) < 4.78 is 2.87. The second-order valence-electron chi connectivity index (χ2n) is 6.42. The molecule has 0 amide bonds. The van der Waals surface area contributed by atoms with Gasteiger partial charge in [-0.15, -0.1) is 11.3 Å². The standard InChI is InChI=1S/C19H14BrN3O4S/c1-4-10-12-13(14-17(21-10)22(2)19(27)23(3)18(14)26)11(24)7-8(15(12)25)16-9(20)5-6-28-16/h5-7H,4H2,1-3H3. The molecule has 0 aliphatic heterocycles. The summed E-state index contributed by atoms with van der Waals surface area (Å²) >= 11 is 4.75. The Morgan fingerprint density at radius 3 is 2.43 bits per heavy atom.